The standard InChI is InChI=1S/C22H28O3.K.H/c1-20-9-5-15(23)13-14(20)3-4-16-17(20)6-10-21(2)18(16)7-11-22(21)12-8-19(24)25-22;;/h3-4,13,16-18H,5-12H2,1-2H3;;/t16-,17+,18+,20+,21+,22-;;/m1../s1. The van der Waals surface area contributed by atoms with Crippen LogP contribution in [0.15, 0.2) is 23.8 Å². The quantitative estimate of drug-likeness (QED) is 0.475. The van der Waals surface area contributed by atoms with Crippen molar-refractivity contribution in [3.8, 4) is 0 Å². The van der Waals surface area contributed by atoms with Gasteiger partial charge in [0.1, 0.15) is 5.60 Å². The van der Waals surface area contributed by atoms with E-state index in [1.807, 2.05) is 6.08 Å². The average molecular weight is 381 g/mol. The van der Waals surface area contributed by atoms with Gasteiger partial charge in [-0.1, -0.05) is 26.0 Å². The molecule has 0 aromatic carbocycles. The van der Waals surface area contributed by atoms with Gasteiger partial charge in [0.05, 0.1) is 0 Å². The molecule has 2 saturated carbocycles. The normalized spacial score (nSPS) is 49.0. The molecule has 3 nitrogen and oxygen atoms in total. The Hall–Kier alpha value is 0.256. The number of rotatable bonds is 0. The maximum atomic E-state index is 11.9. The molecule has 3 fully saturated rings. The number of esters is 1. The molecule has 0 aromatic heterocycles. The molecule has 1 spiro atoms. The SMILES string of the molecule is C[C@]12CCC(=O)C=C1C=C[C@@H]1[C@@H]2CC[C@@]2(C)[C@H]1CC[C@@]21CCC(=O)O1.[KH]. The molecule has 4 aliphatic carbocycles. The summed E-state index contributed by atoms with van der Waals surface area (Å²) in [6.45, 7) is 4.78. The fourth-order valence-corrected chi connectivity index (χ4v) is 7.29. The summed E-state index contributed by atoms with van der Waals surface area (Å²) in [5.41, 5.74) is 1.32. The van der Waals surface area contributed by atoms with Crippen molar-refractivity contribution < 1.29 is 14.3 Å². The molecule has 5 rings (SSSR count). The van der Waals surface area contributed by atoms with E-state index in [9.17, 15) is 9.59 Å². The van der Waals surface area contributed by atoms with E-state index in [0.717, 1.165) is 25.7 Å². The summed E-state index contributed by atoms with van der Waals surface area (Å²) in [6.07, 6.45) is 14.3. The molecule has 26 heavy (non-hydrogen) atoms. The van der Waals surface area contributed by atoms with Crippen molar-refractivity contribution in [3.05, 3.63) is 23.8 Å². The maximum absolute atomic E-state index is 11.9. The van der Waals surface area contributed by atoms with Gasteiger partial charge >= 0.3 is 57.4 Å². The van der Waals surface area contributed by atoms with Crippen molar-refractivity contribution in [2.45, 2.75) is 70.8 Å². The Morgan fingerprint density at radius 3 is 2.50 bits per heavy atom. The topological polar surface area (TPSA) is 43.4 Å². The van der Waals surface area contributed by atoms with E-state index in [1.165, 1.54) is 18.4 Å². The van der Waals surface area contributed by atoms with E-state index < -0.39 is 0 Å². The molecule has 0 radical (unpaired) electrons. The second-order valence-corrected chi connectivity index (χ2v) is 9.60. The third-order valence-corrected chi connectivity index (χ3v) is 8.85. The van der Waals surface area contributed by atoms with Gasteiger partial charge in [-0.15, -0.1) is 0 Å². The van der Waals surface area contributed by atoms with Gasteiger partial charge in [0.2, 0.25) is 0 Å². The Morgan fingerprint density at radius 2 is 1.77 bits per heavy atom. The number of hydrogen-bond donors (Lipinski definition) is 0. The van der Waals surface area contributed by atoms with Crippen LogP contribution in [0.2, 0.25) is 0 Å². The minimum absolute atomic E-state index is 0. The molecule has 0 unspecified atom stereocenters. The predicted molar refractivity (Wildman–Crippen MR) is 102 cm³/mol. The van der Waals surface area contributed by atoms with Gasteiger partial charge in [0.15, 0.2) is 5.78 Å². The fourth-order valence-electron chi connectivity index (χ4n) is 7.29. The Balaban J connectivity index is 0.00000168. The molecule has 0 N–H and O–H groups in total. The second-order valence-electron chi connectivity index (χ2n) is 9.60. The molecule has 5 aliphatic rings. The third kappa shape index (κ3) is 2.44. The Kier molecular flexibility index (Phi) is 4.80. The van der Waals surface area contributed by atoms with Crippen molar-refractivity contribution in [1.29, 1.82) is 0 Å². The van der Waals surface area contributed by atoms with E-state index in [1.54, 1.807) is 0 Å². The van der Waals surface area contributed by atoms with E-state index in [0.29, 0.717) is 30.6 Å². The number of ether oxygens (including phenoxy) is 1. The first-order chi connectivity index (χ1) is 11.9. The van der Waals surface area contributed by atoms with E-state index >= 15 is 0 Å². The first-order valence-electron chi connectivity index (χ1n) is 10.0. The summed E-state index contributed by atoms with van der Waals surface area (Å²) in [6, 6.07) is 0. The van der Waals surface area contributed by atoms with E-state index in [4.69, 9.17) is 4.74 Å². The monoisotopic (exact) mass is 380 g/mol. The van der Waals surface area contributed by atoms with Crippen LogP contribution in [-0.4, -0.2) is 68.7 Å². The molecule has 6 atom stereocenters. The Morgan fingerprint density at radius 1 is 1.00 bits per heavy atom. The summed E-state index contributed by atoms with van der Waals surface area (Å²) in [5.74, 6) is 2.08. The first kappa shape index (κ1) is 19.6. The summed E-state index contributed by atoms with van der Waals surface area (Å²) in [7, 11) is 0. The van der Waals surface area contributed by atoms with Gasteiger partial charge in [-0.25, -0.2) is 0 Å². The number of fused-ring (bicyclic) bond motifs is 6. The second kappa shape index (κ2) is 6.38. The van der Waals surface area contributed by atoms with Crippen LogP contribution in [0.25, 0.3) is 0 Å². The van der Waals surface area contributed by atoms with Gasteiger partial charge in [0, 0.05) is 18.3 Å². The van der Waals surface area contributed by atoms with Gasteiger partial charge < -0.3 is 4.74 Å². The summed E-state index contributed by atoms with van der Waals surface area (Å²) in [4.78, 5) is 23.8. The number of carbonyl (C=O) groups excluding carboxylic acids is 2. The fraction of sp³-hybridized carbons (Fsp3) is 0.727. The Bertz CT molecular complexity index is 725. The zero-order valence-electron chi connectivity index (χ0n) is 15.3. The van der Waals surface area contributed by atoms with Crippen molar-refractivity contribution in [2.75, 3.05) is 0 Å². The minimum atomic E-state index is -0.201. The molecule has 1 heterocycles. The van der Waals surface area contributed by atoms with Crippen molar-refractivity contribution in [3.63, 3.8) is 0 Å². The molecule has 0 bridgehead atoms. The molecular weight excluding hydrogens is 351 g/mol. The van der Waals surface area contributed by atoms with Gasteiger partial charge in [-0.05, 0) is 73.3 Å². The zero-order valence-corrected chi connectivity index (χ0v) is 15.3. The molecular formula is C22H29KO3. The number of carbonyl (C=O) groups is 2. The third-order valence-electron chi connectivity index (χ3n) is 8.85. The van der Waals surface area contributed by atoms with Crippen molar-refractivity contribution in [1.82, 2.24) is 0 Å². The van der Waals surface area contributed by atoms with Crippen LogP contribution in [-0.2, 0) is 14.3 Å². The van der Waals surface area contributed by atoms with Crippen LogP contribution in [0.4, 0.5) is 0 Å². The molecule has 0 amide bonds. The number of ketones is 1. The number of allylic oxidation sites excluding steroid dienone is 4. The number of hydrogen-bond acceptors (Lipinski definition) is 3. The van der Waals surface area contributed by atoms with E-state index in [-0.39, 0.29) is 79.6 Å². The molecule has 1 aliphatic heterocycles. The average Bonchev–Trinajstić information content (AvgIpc) is 3.10. The van der Waals surface area contributed by atoms with E-state index in [2.05, 4.69) is 26.0 Å². The van der Waals surface area contributed by atoms with Crippen LogP contribution in [0.5, 0.6) is 0 Å². The van der Waals surface area contributed by atoms with Crippen LogP contribution < -0.4 is 0 Å². The zero-order chi connectivity index (χ0) is 17.4. The summed E-state index contributed by atoms with van der Waals surface area (Å²) < 4.78 is 5.99. The first-order valence-corrected chi connectivity index (χ1v) is 10.0. The molecule has 4 heteroatoms. The van der Waals surface area contributed by atoms with Crippen LogP contribution in [0.1, 0.15) is 65.2 Å². The van der Waals surface area contributed by atoms with Gasteiger partial charge in [0.25, 0.3) is 0 Å². The summed E-state index contributed by atoms with van der Waals surface area (Å²) in [5, 5.41) is 0. The van der Waals surface area contributed by atoms with Crippen LogP contribution in [0, 0.1) is 28.6 Å². The molecule has 1 saturated heterocycles. The van der Waals surface area contributed by atoms with Gasteiger partial charge in [-0.2, -0.15) is 0 Å². The van der Waals surface area contributed by atoms with Crippen LogP contribution >= 0.6 is 0 Å². The molecule has 0 aromatic rings. The molecule has 136 valence electrons. The predicted octanol–water partition coefficient (Wildman–Crippen LogP) is 3.72. The van der Waals surface area contributed by atoms with Crippen molar-refractivity contribution >= 4 is 63.1 Å². The van der Waals surface area contributed by atoms with Gasteiger partial charge in [-0.3, -0.25) is 9.59 Å². The summed E-state index contributed by atoms with van der Waals surface area (Å²) >= 11 is 0. The Labute approximate surface area is 198 Å². The van der Waals surface area contributed by atoms with Crippen molar-refractivity contribution in [2.24, 2.45) is 28.6 Å². The van der Waals surface area contributed by atoms with Crippen LogP contribution in [0.3, 0.4) is 0 Å².